The smallest absolute Gasteiger partial charge is 0.242 e. The van der Waals surface area contributed by atoms with Crippen molar-refractivity contribution in [1.29, 1.82) is 0 Å². The quantitative estimate of drug-likeness (QED) is 0.879. The molecule has 0 fully saturated rings. The highest BCUT2D eigenvalue weighted by molar-refractivity contribution is 7.89. The standard InChI is InChI=1S/C13H17N3O3S/c1-3-7-20(17,18)14-9-12-15-13(16-19-12)11-6-4-5-10(2)8-11/h4-6,8,14H,3,7,9H2,1-2H3. The molecule has 108 valence electrons. The number of aromatic nitrogens is 2. The molecule has 0 spiro atoms. The second-order valence-corrected chi connectivity index (χ2v) is 6.45. The first kappa shape index (κ1) is 14.7. The van der Waals surface area contributed by atoms with E-state index in [9.17, 15) is 8.42 Å². The summed E-state index contributed by atoms with van der Waals surface area (Å²) >= 11 is 0. The Hall–Kier alpha value is -1.73. The van der Waals surface area contributed by atoms with Crippen LogP contribution in [0.15, 0.2) is 28.8 Å². The van der Waals surface area contributed by atoms with Crippen molar-refractivity contribution in [3.8, 4) is 11.4 Å². The Kier molecular flexibility index (Phi) is 4.51. The number of nitrogens with zero attached hydrogens (tertiary/aromatic N) is 2. The van der Waals surface area contributed by atoms with Gasteiger partial charge in [-0.2, -0.15) is 4.98 Å². The van der Waals surface area contributed by atoms with Crippen LogP contribution < -0.4 is 4.72 Å². The van der Waals surface area contributed by atoms with Crippen LogP contribution in [0.4, 0.5) is 0 Å². The molecule has 0 aliphatic heterocycles. The molecule has 1 N–H and O–H groups in total. The molecule has 0 unspecified atom stereocenters. The van der Waals surface area contributed by atoms with E-state index in [0.717, 1.165) is 11.1 Å². The van der Waals surface area contributed by atoms with E-state index < -0.39 is 10.0 Å². The third-order valence-electron chi connectivity index (χ3n) is 2.66. The second-order valence-electron chi connectivity index (χ2n) is 4.52. The van der Waals surface area contributed by atoms with Crippen molar-refractivity contribution in [3.63, 3.8) is 0 Å². The SMILES string of the molecule is CCCS(=O)(=O)NCc1nc(-c2cccc(C)c2)no1. The zero-order valence-corrected chi connectivity index (χ0v) is 12.3. The van der Waals surface area contributed by atoms with Gasteiger partial charge < -0.3 is 4.52 Å². The first-order chi connectivity index (χ1) is 9.50. The molecule has 1 aromatic carbocycles. The van der Waals surface area contributed by atoms with Gasteiger partial charge in [-0.15, -0.1) is 0 Å². The van der Waals surface area contributed by atoms with Gasteiger partial charge in [0.25, 0.3) is 0 Å². The van der Waals surface area contributed by atoms with Gasteiger partial charge >= 0.3 is 0 Å². The van der Waals surface area contributed by atoms with Gasteiger partial charge in [0.05, 0.1) is 12.3 Å². The normalized spacial score (nSPS) is 11.7. The molecule has 1 heterocycles. The zero-order valence-electron chi connectivity index (χ0n) is 11.5. The molecule has 0 atom stereocenters. The third-order valence-corrected chi connectivity index (χ3v) is 4.19. The number of aryl methyl sites for hydroxylation is 1. The Balaban J connectivity index is 2.06. The highest BCUT2D eigenvalue weighted by Gasteiger charge is 2.13. The fourth-order valence-electron chi connectivity index (χ4n) is 1.74. The maximum atomic E-state index is 11.5. The molecule has 6 nitrogen and oxygen atoms in total. The third kappa shape index (κ3) is 3.88. The molecule has 0 saturated heterocycles. The molecule has 7 heteroatoms. The summed E-state index contributed by atoms with van der Waals surface area (Å²) in [5.74, 6) is 0.797. The monoisotopic (exact) mass is 295 g/mol. The molecule has 0 aliphatic carbocycles. The van der Waals surface area contributed by atoms with Gasteiger partial charge in [-0.05, 0) is 19.4 Å². The molecule has 0 bridgehead atoms. The fourth-order valence-corrected chi connectivity index (χ4v) is 2.77. The van der Waals surface area contributed by atoms with E-state index in [0.29, 0.717) is 12.2 Å². The van der Waals surface area contributed by atoms with Gasteiger partial charge in [0.1, 0.15) is 0 Å². The van der Waals surface area contributed by atoms with Crippen molar-refractivity contribution in [3.05, 3.63) is 35.7 Å². The summed E-state index contributed by atoms with van der Waals surface area (Å²) in [6, 6.07) is 7.70. The molecule has 20 heavy (non-hydrogen) atoms. The molecular formula is C13H17N3O3S. The van der Waals surface area contributed by atoms with Crippen molar-refractivity contribution >= 4 is 10.0 Å². The highest BCUT2D eigenvalue weighted by atomic mass is 32.2. The van der Waals surface area contributed by atoms with Gasteiger partial charge in [-0.3, -0.25) is 0 Å². The van der Waals surface area contributed by atoms with Crippen LogP contribution >= 0.6 is 0 Å². The summed E-state index contributed by atoms with van der Waals surface area (Å²) < 4.78 is 30.5. The second kappa shape index (κ2) is 6.15. The minimum absolute atomic E-state index is 0.0150. The minimum Gasteiger partial charge on any atom is -0.338 e. The van der Waals surface area contributed by atoms with Gasteiger partial charge in [-0.25, -0.2) is 13.1 Å². The predicted octanol–water partition coefficient (Wildman–Crippen LogP) is 1.87. The van der Waals surface area contributed by atoms with Crippen molar-refractivity contribution < 1.29 is 12.9 Å². The Morgan fingerprint density at radius 2 is 2.15 bits per heavy atom. The maximum Gasteiger partial charge on any atom is 0.242 e. The highest BCUT2D eigenvalue weighted by Crippen LogP contribution is 2.16. The fraction of sp³-hybridized carbons (Fsp3) is 0.385. The average molecular weight is 295 g/mol. The van der Waals surface area contributed by atoms with Crippen LogP contribution in [0, 0.1) is 6.92 Å². The number of benzene rings is 1. The Morgan fingerprint density at radius 1 is 1.35 bits per heavy atom. The van der Waals surface area contributed by atoms with E-state index in [1.807, 2.05) is 38.1 Å². The van der Waals surface area contributed by atoms with E-state index in [-0.39, 0.29) is 18.2 Å². The summed E-state index contributed by atoms with van der Waals surface area (Å²) in [7, 11) is -3.27. The van der Waals surface area contributed by atoms with Gasteiger partial charge in [-0.1, -0.05) is 35.8 Å². The van der Waals surface area contributed by atoms with E-state index in [1.54, 1.807) is 0 Å². The van der Waals surface area contributed by atoms with Crippen molar-refractivity contribution in [2.24, 2.45) is 0 Å². The maximum absolute atomic E-state index is 11.5. The van der Waals surface area contributed by atoms with E-state index in [2.05, 4.69) is 14.9 Å². The summed E-state index contributed by atoms with van der Waals surface area (Å²) in [5, 5.41) is 3.85. The van der Waals surface area contributed by atoms with E-state index in [1.165, 1.54) is 0 Å². The topological polar surface area (TPSA) is 85.1 Å². The summed E-state index contributed by atoms with van der Waals surface area (Å²) in [5.41, 5.74) is 1.94. The van der Waals surface area contributed by atoms with Crippen LogP contribution in [0.1, 0.15) is 24.8 Å². The molecule has 0 radical (unpaired) electrons. The van der Waals surface area contributed by atoms with Crippen LogP contribution in [0.25, 0.3) is 11.4 Å². The van der Waals surface area contributed by atoms with Crippen LogP contribution in [0.2, 0.25) is 0 Å². The Bertz CT molecular complexity index is 680. The van der Waals surface area contributed by atoms with E-state index >= 15 is 0 Å². The molecule has 2 rings (SSSR count). The number of hydrogen-bond donors (Lipinski definition) is 1. The van der Waals surface area contributed by atoms with Crippen LogP contribution in [-0.2, 0) is 16.6 Å². The van der Waals surface area contributed by atoms with E-state index in [4.69, 9.17) is 4.52 Å². The molecule has 1 aromatic heterocycles. The van der Waals surface area contributed by atoms with Gasteiger partial charge in [0.15, 0.2) is 0 Å². The van der Waals surface area contributed by atoms with Crippen LogP contribution in [-0.4, -0.2) is 24.3 Å². The van der Waals surface area contributed by atoms with Crippen LogP contribution in [0.3, 0.4) is 0 Å². The van der Waals surface area contributed by atoms with Crippen molar-refractivity contribution in [2.75, 3.05) is 5.75 Å². The number of hydrogen-bond acceptors (Lipinski definition) is 5. The minimum atomic E-state index is -3.27. The number of sulfonamides is 1. The molecule has 0 aliphatic rings. The summed E-state index contributed by atoms with van der Waals surface area (Å²) in [6.45, 7) is 3.80. The molecule has 0 amide bonds. The van der Waals surface area contributed by atoms with Gasteiger partial charge in [0.2, 0.25) is 21.7 Å². The summed E-state index contributed by atoms with van der Waals surface area (Å²) in [6.07, 6.45) is 0.563. The molecule has 0 saturated carbocycles. The Morgan fingerprint density at radius 3 is 2.85 bits per heavy atom. The lowest BCUT2D eigenvalue weighted by molar-refractivity contribution is 0.376. The lowest BCUT2D eigenvalue weighted by atomic mass is 10.1. The lowest BCUT2D eigenvalue weighted by Crippen LogP contribution is -2.25. The number of rotatable bonds is 6. The lowest BCUT2D eigenvalue weighted by Gasteiger charge is -2.01. The largest absolute Gasteiger partial charge is 0.338 e. The first-order valence-corrected chi connectivity index (χ1v) is 8.02. The van der Waals surface area contributed by atoms with Gasteiger partial charge in [0, 0.05) is 5.56 Å². The first-order valence-electron chi connectivity index (χ1n) is 6.37. The molecule has 2 aromatic rings. The van der Waals surface area contributed by atoms with Crippen molar-refractivity contribution in [2.45, 2.75) is 26.8 Å². The molecular weight excluding hydrogens is 278 g/mol. The summed E-state index contributed by atoms with van der Waals surface area (Å²) in [4.78, 5) is 4.18. The zero-order chi connectivity index (χ0) is 14.6. The van der Waals surface area contributed by atoms with Crippen molar-refractivity contribution in [1.82, 2.24) is 14.9 Å². The average Bonchev–Trinajstić information content (AvgIpc) is 2.85. The Labute approximate surface area is 118 Å². The number of nitrogens with one attached hydrogen (secondary N) is 1. The predicted molar refractivity (Wildman–Crippen MR) is 75.4 cm³/mol. The van der Waals surface area contributed by atoms with Crippen LogP contribution in [0.5, 0.6) is 0 Å².